The summed E-state index contributed by atoms with van der Waals surface area (Å²) in [4.78, 5) is 15.3. The van der Waals surface area contributed by atoms with Crippen molar-refractivity contribution in [3.63, 3.8) is 0 Å². The van der Waals surface area contributed by atoms with Crippen LogP contribution in [0, 0.1) is 5.82 Å². The van der Waals surface area contributed by atoms with Crippen molar-refractivity contribution < 1.29 is 14.3 Å². The molecular formula is C16H21FN2O2. The van der Waals surface area contributed by atoms with Gasteiger partial charge in [-0.25, -0.2) is 4.39 Å². The molecule has 3 rings (SSSR count). The summed E-state index contributed by atoms with van der Waals surface area (Å²) in [7, 11) is 0. The summed E-state index contributed by atoms with van der Waals surface area (Å²) in [5.41, 5.74) is 1.09. The topological polar surface area (TPSA) is 43.8 Å². The fourth-order valence-electron chi connectivity index (χ4n) is 3.68. The average Bonchev–Trinajstić information content (AvgIpc) is 2.43. The van der Waals surface area contributed by atoms with E-state index in [0.717, 1.165) is 51.0 Å². The summed E-state index contributed by atoms with van der Waals surface area (Å²) in [5, 5.41) is 8.96. The van der Waals surface area contributed by atoms with E-state index in [4.69, 9.17) is 5.11 Å². The van der Waals surface area contributed by atoms with Gasteiger partial charge < -0.3 is 5.11 Å². The number of benzene rings is 1. The van der Waals surface area contributed by atoms with Gasteiger partial charge in [-0.1, -0.05) is 12.1 Å². The van der Waals surface area contributed by atoms with E-state index in [2.05, 4.69) is 4.90 Å². The highest BCUT2D eigenvalue weighted by Gasteiger charge is 2.46. The summed E-state index contributed by atoms with van der Waals surface area (Å²) in [5.74, 6) is -0.957. The number of carbonyl (C=O) groups is 1. The highest BCUT2D eigenvalue weighted by atomic mass is 19.1. The van der Waals surface area contributed by atoms with Gasteiger partial charge in [-0.2, -0.15) is 0 Å². The molecule has 0 saturated carbocycles. The van der Waals surface area contributed by atoms with Crippen molar-refractivity contribution in [2.24, 2.45) is 0 Å². The van der Waals surface area contributed by atoms with Crippen LogP contribution < -0.4 is 0 Å². The van der Waals surface area contributed by atoms with Gasteiger partial charge in [0, 0.05) is 25.2 Å². The van der Waals surface area contributed by atoms with Crippen molar-refractivity contribution in [1.29, 1.82) is 0 Å². The van der Waals surface area contributed by atoms with E-state index in [1.807, 2.05) is 11.0 Å². The van der Waals surface area contributed by atoms with Gasteiger partial charge >= 0.3 is 5.97 Å². The van der Waals surface area contributed by atoms with Crippen molar-refractivity contribution in [3.05, 3.63) is 35.6 Å². The van der Waals surface area contributed by atoms with Crippen LogP contribution in [0.3, 0.4) is 0 Å². The SMILES string of the molecule is O=C(O)CN1CCCC2(CCN2Cc2cccc(F)c2)C1. The molecule has 0 aromatic heterocycles. The molecule has 1 unspecified atom stereocenters. The lowest BCUT2D eigenvalue weighted by atomic mass is 9.77. The standard InChI is InChI=1S/C16H21FN2O2/c17-14-4-1-3-13(9-14)10-19-8-6-16(19)5-2-7-18(12-16)11-15(20)21/h1,3-4,9H,2,5-8,10-12H2,(H,20,21). The second-order valence-corrected chi connectivity index (χ2v) is 6.23. The molecule has 2 heterocycles. The van der Waals surface area contributed by atoms with Gasteiger partial charge in [-0.05, 0) is 43.5 Å². The third-order valence-electron chi connectivity index (χ3n) is 4.77. The minimum absolute atomic E-state index is 0.0972. The molecule has 1 atom stereocenters. The number of hydrogen-bond donors (Lipinski definition) is 1. The van der Waals surface area contributed by atoms with Crippen molar-refractivity contribution in [1.82, 2.24) is 9.80 Å². The lowest BCUT2D eigenvalue weighted by molar-refractivity contribution is -0.140. The Kier molecular flexibility index (Phi) is 3.95. The second kappa shape index (κ2) is 5.73. The van der Waals surface area contributed by atoms with Crippen LogP contribution in [-0.2, 0) is 11.3 Å². The van der Waals surface area contributed by atoms with Gasteiger partial charge in [0.2, 0.25) is 0 Å². The largest absolute Gasteiger partial charge is 0.480 e. The summed E-state index contributed by atoms with van der Waals surface area (Å²) in [6, 6.07) is 6.75. The van der Waals surface area contributed by atoms with Crippen LogP contribution in [0.5, 0.6) is 0 Å². The highest BCUT2D eigenvalue weighted by Crippen LogP contribution is 2.39. The number of rotatable bonds is 4. The van der Waals surface area contributed by atoms with Gasteiger partial charge in [-0.15, -0.1) is 0 Å². The zero-order valence-corrected chi connectivity index (χ0v) is 12.1. The maximum Gasteiger partial charge on any atom is 0.317 e. The number of piperidine rings is 1. The third kappa shape index (κ3) is 3.09. The Morgan fingerprint density at radius 2 is 2.19 bits per heavy atom. The third-order valence-corrected chi connectivity index (χ3v) is 4.77. The first-order valence-corrected chi connectivity index (χ1v) is 7.51. The molecule has 0 bridgehead atoms. The first-order chi connectivity index (χ1) is 10.1. The molecule has 2 fully saturated rings. The zero-order chi connectivity index (χ0) is 14.9. The van der Waals surface area contributed by atoms with Gasteiger partial charge in [-0.3, -0.25) is 14.6 Å². The lowest BCUT2D eigenvalue weighted by Gasteiger charge is -2.57. The van der Waals surface area contributed by atoms with E-state index in [1.165, 1.54) is 6.07 Å². The first-order valence-electron chi connectivity index (χ1n) is 7.51. The number of nitrogens with zero attached hydrogens (tertiary/aromatic N) is 2. The number of halogens is 1. The summed E-state index contributed by atoms with van der Waals surface area (Å²) in [6.07, 6.45) is 3.25. The van der Waals surface area contributed by atoms with E-state index >= 15 is 0 Å². The van der Waals surface area contributed by atoms with Gasteiger partial charge in [0.1, 0.15) is 5.82 Å². The second-order valence-electron chi connectivity index (χ2n) is 6.23. The van der Waals surface area contributed by atoms with Crippen LogP contribution in [0.1, 0.15) is 24.8 Å². The Bertz CT molecular complexity index is 537. The molecule has 0 radical (unpaired) electrons. The minimum Gasteiger partial charge on any atom is -0.480 e. The summed E-state index contributed by atoms with van der Waals surface area (Å²) >= 11 is 0. The van der Waals surface area contributed by atoms with Gasteiger partial charge in [0.05, 0.1) is 6.54 Å². The summed E-state index contributed by atoms with van der Waals surface area (Å²) in [6.45, 7) is 3.56. The van der Waals surface area contributed by atoms with Crippen molar-refractivity contribution in [2.45, 2.75) is 31.3 Å². The van der Waals surface area contributed by atoms with Crippen LogP contribution in [-0.4, -0.2) is 52.6 Å². The maximum absolute atomic E-state index is 13.3. The predicted octanol–water partition coefficient (Wildman–Crippen LogP) is 1.95. The Labute approximate surface area is 124 Å². The molecular weight excluding hydrogens is 271 g/mol. The van der Waals surface area contributed by atoms with Crippen LogP contribution in [0.25, 0.3) is 0 Å². The first kappa shape index (κ1) is 14.5. The average molecular weight is 292 g/mol. The fraction of sp³-hybridized carbons (Fsp3) is 0.562. The number of carboxylic acid groups (broad SMARTS) is 1. The van der Waals surface area contributed by atoms with E-state index in [0.29, 0.717) is 0 Å². The molecule has 4 nitrogen and oxygen atoms in total. The minimum atomic E-state index is -0.761. The van der Waals surface area contributed by atoms with Crippen molar-refractivity contribution in [3.8, 4) is 0 Å². The molecule has 0 aliphatic carbocycles. The van der Waals surface area contributed by atoms with E-state index in [-0.39, 0.29) is 17.9 Å². The molecule has 2 aliphatic heterocycles. The number of likely N-dealkylation sites (tertiary alicyclic amines) is 2. The smallest absolute Gasteiger partial charge is 0.317 e. The Morgan fingerprint density at radius 1 is 1.33 bits per heavy atom. The molecule has 0 amide bonds. The fourth-order valence-corrected chi connectivity index (χ4v) is 3.68. The van der Waals surface area contributed by atoms with Crippen molar-refractivity contribution >= 4 is 5.97 Å². The monoisotopic (exact) mass is 292 g/mol. The molecule has 1 spiro atoms. The number of carboxylic acids is 1. The normalized spacial score (nSPS) is 26.7. The molecule has 21 heavy (non-hydrogen) atoms. The van der Waals surface area contributed by atoms with E-state index < -0.39 is 5.97 Å². The predicted molar refractivity (Wildman–Crippen MR) is 77.5 cm³/mol. The van der Waals surface area contributed by atoms with Crippen molar-refractivity contribution in [2.75, 3.05) is 26.2 Å². The van der Waals surface area contributed by atoms with Crippen LogP contribution in [0.2, 0.25) is 0 Å². The quantitative estimate of drug-likeness (QED) is 0.921. The van der Waals surface area contributed by atoms with Crippen LogP contribution in [0.4, 0.5) is 4.39 Å². The Morgan fingerprint density at radius 3 is 2.86 bits per heavy atom. The summed E-state index contributed by atoms with van der Waals surface area (Å²) < 4.78 is 13.3. The number of aliphatic carboxylic acids is 1. The van der Waals surface area contributed by atoms with Gasteiger partial charge in [0.25, 0.3) is 0 Å². The van der Waals surface area contributed by atoms with Crippen LogP contribution in [0.15, 0.2) is 24.3 Å². The molecule has 5 heteroatoms. The highest BCUT2D eigenvalue weighted by molar-refractivity contribution is 5.69. The molecule has 1 aromatic rings. The molecule has 2 aliphatic rings. The molecule has 2 saturated heterocycles. The Balaban J connectivity index is 1.66. The van der Waals surface area contributed by atoms with E-state index in [1.54, 1.807) is 12.1 Å². The maximum atomic E-state index is 13.3. The zero-order valence-electron chi connectivity index (χ0n) is 12.1. The van der Waals surface area contributed by atoms with Crippen LogP contribution >= 0.6 is 0 Å². The lowest BCUT2D eigenvalue weighted by Crippen LogP contribution is -2.66. The number of hydrogen-bond acceptors (Lipinski definition) is 3. The van der Waals surface area contributed by atoms with E-state index in [9.17, 15) is 9.18 Å². The Hall–Kier alpha value is -1.46. The molecule has 1 N–H and O–H groups in total. The van der Waals surface area contributed by atoms with Gasteiger partial charge in [0.15, 0.2) is 0 Å². The molecule has 1 aromatic carbocycles. The molecule has 114 valence electrons.